The number of benzene rings is 1. The lowest BCUT2D eigenvalue weighted by Gasteiger charge is -2.36. The molecule has 3 rings (SSSR count). The van der Waals surface area contributed by atoms with Gasteiger partial charge in [-0.05, 0) is 75.8 Å². The van der Waals surface area contributed by atoms with Gasteiger partial charge >= 0.3 is 0 Å². The molecule has 0 saturated carbocycles. The summed E-state index contributed by atoms with van der Waals surface area (Å²) in [6.45, 7) is 14.4. The second-order valence-electron chi connectivity index (χ2n) is 11.6. The van der Waals surface area contributed by atoms with E-state index in [1.807, 2.05) is 45.0 Å². The molecule has 1 aliphatic heterocycles. The predicted octanol–water partition coefficient (Wildman–Crippen LogP) is 4.94. The van der Waals surface area contributed by atoms with Crippen LogP contribution in [-0.4, -0.2) is 45.7 Å². The number of nitrogens with one attached hydrogen (secondary N) is 1. The van der Waals surface area contributed by atoms with Crippen molar-refractivity contribution in [2.75, 3.05) is 11.4 Å². The van der Waals surface area contributed by atoms with Crippen molar-refractivity contribution in [2.24, 2.45) is 0 Å². The topological polar surface area (TPSA) is 82.6 Å². The Kier molecular flexibility index (Phi) is 8.57. The lowest BCUT2D eigenvalue weighted by molar-refractivity contribution is -0.135. The Hall–Kier alpha value is -3.48. The third-order valence-electron chi connectivity index (χ3n) is 6.38. The highest BCUT2D eigenvalue weighted by molar-refractivity contribution is 6.05. The van der Waals surface area contributed by atoms with E-state index in [4.69, 9.17) is 0 Å². The second kappa shape index (κ2) is 11.3. The number of rotatable bonds is 6. The Morgan fingerprint density at radius 3 is 2.30 bits per heavy atom. The van der Waals surface area contributed by atoms with Crippen molar-refractivity contribution in [3.8, 4) is 0 Å². The van der Waals surface area contributed by atoms with Crippen LogP contribution in [0.25, 0.3) is 0 Å². The summed E-state index contributed by atoms with van der Waals surface area (Å²) in [5.74, 6) is -0.784. The molecule has 2 aromatic rings. The van der Waals surface area contributed by atoms with Gasteiger partial charge in [-0.3, -0.25) is 24.3 Å². The van der Waals surface area contributed by atoms with Crippen LogP contribution in [0.3, 0.4) is 0 Å². The smallest absolute Gasteiger partial charge is 0.250 e. The number of pyridine rings is 1. The number of nitrogens with zero attached hydrogens (tertiary/aromatic N) is 3. The van der Waals surface area contributed by atoms with Crippen LogP contribution in [0.15, 0.2) is 60.9 Å². The maximum Gasteiger partial charge on any atom is 0.250 e. The molecule has 3 amide bonds. The lowest BCUT2D eigenvalue weighted by atomic mass is 9.87. The van der Waals surface area contributed by atoms with Crippen molar-refractivity contribution >= 4 is 23.4 Å². The molecule has 198 valence electrons. The molecule has 0 radical (unpaired) electrons. The zero-order valence-electron chi connectivity index (χ0n) is 23.1. The molecule has 7 nitrogen and oxygen atoms in total. The Balaban J connectivity index is 2.16. The normalized spacial score (nSPS) is 17.1. The lowest BCUT2D eigenvalue weighted by Crippen LogP contribution is -2.54. The Morgan fingerprint density at radius 1 is 1.08 bits per heavy atom. The van der Waals surface area contributed by atoms with E-state index >= 15 is 0 Å². The minimum absolute atomic E-state index is 0.0686. The van der Waals surface area contributed by atoms with Gasteiger partial charge in [-0.2, -0.15) is 0 Å². The molecule has 2 unspecified atom stereocenters. The van der Waals surface area contributed by atoms with Gasteiger partial charge in [-0.1, -0.05) is 45.0 Å². The summed E-state index contributed by atoms with van der Waals surface area (Å²) in [5, 5.41) is 3.05. The molecule has 1 saturated heterocycles. The molecule has 2 atom stereocenters. The van der Waals surface area contributed by atoms with Crippen LogP contribution in [0.2, 0.25) is 0 Å². The van der Waals surface area contributed by atoms with Crippen LogP contribution >= 0.6 is 0 Å². The van der Waals surface area contributed by atoms with E-state index in [1.165, 1.54) is 6.08 Å². The molecule has 1 aromatic carbocycles. The van der Waals surface area contributed by atoms with Gasteiger partial charge in [0.1, 0.15) is 12.1 Å². The monoisotopic (exact) mass is 504 g/mol. The minimum atomic E-state index is -0.958. The quantitative estimate of drug-likeness (QED) is 0.565. The highest BCUT2D eigenvalue weighted by atomic mass is 16.2. The van der Waals surface area contributed by atoms with E-state index in [9.17, 15) is 14.4 Å². The van der Waals surface area contributed by atoms with Crippen LogP contribution in [0.1, 0.15) is 78.5 Å². The molecule has 1 aliphatic rings. The van der Waals surface area contributed by atoms with Gasteiger partial charge in [0.05, 0.1) is 0 Å². The van der Waals surface area contributed by atoms with E-state index in [0.717, 1.165) is 12.0 Å². The van der Waals surface area contributed by atoms with Crippen LogP contribution in [0.4, 0.5) is 5.69 Å². The number of hydrogen-bond donors (Lipinski definition) is 1. The maximum atomic E-state index is 14.3. The molecule has 0 aliphatic carbocycles. The van der Waals surface area contributed by atoms with Gasteiger partial charge in [-0.15, -0.1) is 0 Å². The first-order valence-electron chi connectivity index (χ1n) is 12.9. The average molecular weight is 505 g/mol. The number of hydrogen-bond acceptors (Lipinski definition) is 4. The summed E-state index contributed by atoms with van der Waals surface area (Å²) < 4.78 is 0. The summed E-state index contributed by atoms with van der Waals surface area (Å²) in [6, 6.07) is 9.71. The summed E-state index contributed by atoms with van der Waals surface area (Å²) >= 11 is 0. The molecule has 2 heterocycles. The minimum Gasteiger partial charge on any atom is -0.349 e. The summed E-state index contributed by atoms with van der Waals surface area (Å²) in [6.07, 6.45) is 7.69. The van der Waals surface area contributed by atoms with E-state index in [1.54, 1.807) is 47.3 Å². The van der Waals surface area contributed by atoms with E-state index in [0.29, 0.717) is 24.2 Å². The van der Waals surface area contributed by atoms with Crippen LogP contribution in [0.5, 0.6) is 0 Å². The van der Waals surface area contributed by atoms with Gasteiger partial charge in [0.25, 0.3) is 5.91 Å². The van der Waals surface area contributed by atoms with Crippen molar-refractivity contribution in [1.82, 2.24) is 15.2 Å². The number of carbonyl (C=O) groups excluding carboxylic acids is 3. The summed E-state index contributed by atoms with van der Waals surface area (Å²) in [5.41, 5.74) is 1.74. The average Bonchev–Trinajstić information content (AvgIpc) is 3.31. The molecule has 7 heteroatoms. The summed E-state index contributed by atoms with van der Waals surface area (Å²) in [4.78, 5) is 48.4. The fourth-order valence-electron chi connectivity index (χ4n) is 4.61. The van der Waals surface area contributed by atoms with Crippen molar-refractivity contribution in [2.45, 2.75) is 84.3 Å². The molecule has 1 aromatic heterocycles. The molecular formula is C30H40N4O3. The highest BCUT2D eigenvalue weighted by Crippen LogP contribution is 2.33. The van der Waals surface area contributed by atoms with Gasteiger partial charge in [0, 0.05) is 35.7 Å². The molecule has 1 fully saturated rings. The Morgan fingerprint density at radius 2 is 1.76 bits per heavy atom. The summed E-state index contributed by atoms with van der Waals surface area (Å²) in [7, 11) is 0. The van der Waals surface area contributed by atoms with Crippen LogP contribution in [0, 0.1) is 0 Å². The number of anilines is 1. The van der Waals surface area contributed by atoms with Crippen molar-refractivity contribution in [1.29, 1.82) is 0 Å². The fraction of sp³-hybridized carbons (Fsp3) is 0.467. The molecule has 0 bridgehead atoms. The van der Waals surface area contributed by atoms with E-state index < -0.39 is 17.6 Å². The zero-order valence-corrected chi connectivity index (χ0v) is 23.1. The maximum absolute atomic E-state index is 14.3. The van der Waals surface area contributed by atoms with Crippen molar-refractivity contribution in [3.05, 3.63) is 72.1 Å². The molecular weight excluding hydrogens is 464 g/mol. The van der Waals surface area contributed by atoms with Gasteiger partial charge < -0.3 is 10.2 Å². The zero-order chi connectivity index (χ0) is 27.4. The number of likely N-dealkylation sites (tertiary alicyclic amines) is 1. The first-order chi connectivity index (χ1) is 17.3. The van der Waals surface area contributed by atoms with E-state index in [-0.39, 0.29) is 23.1 Å². The Labute approximate surface area is 221 Å². The highest BCUT2D eigenvalue weighted by Gasteiger charge is 2.42. The van der Waals surface area contributed by atoms with Crippen LogP contribution in [-0.2, 0) is 19.8 Å². The van der Waals surface area contributed by atoms with Crippen molar-refractivity contribution < 1.29 is 14.4 Å². The number of aromatic nitrogens is 1. The first kappa shape index (κ1) is 28.1. The van der Waals surface area contributed by atoms with Gasteiger partial charge in [0.15, 0.2) is 0 Å². The third-order valence-corrected chi connectivity index (χ3v) is 6.38. The first-order valence-corrected chi connectivity index (χ1v) is 12.9. The largest absolute Gasteiger partial charge is 0.349 e. The third kappa shape index (κ3) is 6.85. The SMILES string of the molecule is C/C=C/C(=O)N1CCCC1C(=O)N(c1ccc(C(C)(C)C)cc1)C(C(=O)NC(C)(C)C)c1cccnc1. The predicted molar refractivity (Wildman–Crippen MR) is 147 cm³/mol. The standard InChI is InChI=1S/C30H40N4O3/c1-8-11-25(35)33-19-10-13-24(33)28(37)34(23-16-14-22(15-17-23)29(2,3)4)26(21-12-9-18-31-20-21)27(36)32-30(5,6)7/h8-9,11-12,14-18,20,24,26H,10,13,19H2,1-7H3,(H,32,36)/b11-8+. The molecule has 37 heavy (non-hydrogen) atoms. The van der Waals surface area contributed by atoms with Crippen molar-refractivity contribution in [3.63, 3.8) is 0 Å². The Bertz CT molecular complexity index is 1130. The van der Waals surface area contributed by atoms with E-state index in [2.05, 4.69) is 31.1 Å². The molecule has 1 N–H and O–H groups in total. The number of allylic oxidation sites excluding steroid dienone is 1. The molecule has 0 spiro atoms. The fourth-order valence-corrected chi connectivity index (χ4v) is 4.61. The second-order valence-corrected chi connectivity index (χ2v) is 11.6. The number of amides is 3. The van der Waals surface area contributed by atoms with Gasteiger partial charge in [-0.25, -0.2) is 0 Å². The van der Waals surface area contributed by atoms with Gasteiger partial charge in [0.2, 0.25) is 11.8 Å². The van der Waals surface area contributed by atoms with Crippen LogP contribution < -0.4 is 10.2 Å². The number of carbonyl (C=O) groups is 3.